The van der Waals surface area contributed by atoms with E-state index in [4.69, 9.17) is 0 Å². The van der Waals surface area contributed by atoms with Gasteiger partial charge in [0, 0.05) is 5.33 Å². The molecule has 0 aliphatic heterocycles. The van der Waals surface area contributed by atoms with Gasteiger partial charge in [-0.2, -0.15) is 0 Å². The number of hydrogen-bond donors (Lipinski definition) is 0. The fraction of sp³-hybridized carbons (Fsp3) is 0.545. The van der Waals surface area contributed by atoms with Crippen LogP contribution in [-0.2, 0) is 9.84 Å². The fourth-order valence-corrected chi connectivity index (χ4v) is 6.83. The van der Waals surface area contributed by atoms with Crippen LogP contribution in [0.25, 0.3) is 0 Å². The van der Waals surface area contributed by atoms with E-state index in [0.29, 0.717) is 11.3 Å². The van der Waals surface area contributed by atoms with Gasteiger partial charge >= 0.3 is 0 Å². The minimum atomic E-state index is -3.45. The first-order valence-corrected chi connectivity index (χ1v) is 12.0. The summed E-state index contributed by atoms with van der Waals surface area (Å²) in [6, 6.07) is 7.29. The van der Waals surface area contributed by atoms with Crippen molar-refractivity contribution in [1.82, 2.24) is 0 Å². The summed E-state index contributed by atoms with van der Waals surface area (Å²) in [6.07, 6.45) is 5.80. The summed E-state index contributed by atoms with van der Waals surface area (Å²) in [5.41, 5.74) is 4.49. The molecule has 26 heavy (non-hydrogen) atoms. The van der Waals surface area contributed by atoms with E-state index in [0.717, 1.165) is 41.3 Å². The van der Waals surface area contributed by atoms with E-state index in [2.05, 4.69) is 42.8 Å². The number of allylic oxidation sites excluding steroid dienone is 3. The van der Waals surface area contributed by atoms with Crippen LogP contribution in [0.3, 0.4) is 0 Å². The van der Waals surface area contributed by atoms with Crippen LogP contribution in [0, 0.1) is 12.3 Å². The summed E-state index contributed by atoms with van der Waals surface area (Å²) in [7, 11) is -3.45. The summed E-state index contributed by atoms with van der Waals surface area (Å²) < 4.78 is 27.3. The molecule has 0 bridgehead atoms. The van der Waals surface area contributed by atoms with Crippen molar-refractivity contribution in [2.24, 2.45) is 5.41 Å². The SMILES string of the molecule is CC1=C(C(C/C(C)=C/CBr)S(=O)(=O)c2ccc(C)cc2)C(C)(C)CCC1. The minimum Gasteiger partial charge on any atom is -0.223 e. The van der Waals surface area contributed by atoms with Crippen LogP contribution >= 0.6 is 15.9 Å². The van der Waals surface area contributed by atoms with E-state index in [1.165, 1.54) is 5.57 Å². The lowest BCUT2D eigenvalue weighted by Crippen LogP contribution is -2.34. The summed E-state index contributed by atoms with van der Waals surface area (Å²) >= 11 is 3.44. The van der Waals surface area contributed by atoms with Gasteiger partial charge in [0.25, 0.3) is 0 Å². The zero-order valence-corrected chi connectivity index (χ0v) is 19.0. The molecule has 4 heteroatoms. The Bertz CT molecular complexity index is 799. The van der Waals surface area contributed by atoms with Crippen molar-refractivity contribution in [1.29, 1.82) is 0 Å². The highest BCUT2D eigenvalue weighted by atomic mass is 79.9. The van der Waals surface area contributed by atoms with E-state index < -0.39 is 15.1 Å². The number of rotatable bonds is 6. The molecule has 2 rings (SSSR count). The van der Waals surface area contributed by atoms with Crippen molar-refractivity contribution in [3.8, 4) is 0 Å². The topological polar surface area (TPSA) is 34.1 Å². The van der Waals surface area contributed by atoms with Crippen LogP contribution in [0.1, 0.15) is 58.9 Å². The Morgan fingerprint density at radius 2 is 1.85 bits per heavy atom. The summed E-state index contributed by atoms with van der Waals surface area (Å²) in [5, 5.41) is 0.258. The first-order valence-electron chi connectivity index (χ1n) is 9.32. The first-order chi connectivity index (χ1) is 12.1. The summed E-state index contributed by atoms with van der Waals surface area (Å²) in [5.74, 6) is 0. The largest absolute Gasteiger partial charge is 0.223 e. The Morgan fingerprint density at radius 1 is 1.23 bits per heavy atom. The molecule has 1 aromatic rings. The van der Waals surface area contributed by atoms with Gasteiger partial charge in [-0.25, -0.2) is 8.42 Å². The molecule has 1 aromatic carbocycles. The van der Waals surface area contributed by atoms with Crippen LogP contribution < -0.4 is 0 Å². The lowest BCUT2D eigenvalue weighted by molar-refractivity contribution is 0.353. The number of aryl methyl sites for hydroxylation is 1. The maximum Gasteiger partial charge on any atom is 0.185 e. The van der Waals surface area contributed by atoms with Crippen LogP contribution in [0.2, 0.25) is 0 Å². The second-order valence-electron chi connectivity index (χ2n) is 8.19. The van der Waals surface area contributed by atoms with Gasteiger partial charge < -0.3 is 0 Å². The molecule has 1 aliphatic carbocycles. The molecule has 0 amide bonds. The Labute approximate surface area is 167 Å². The number of halogens is 1. The van der Waals surface area contributed by atoms with Crippen molar-refractivity contribution < 1.29 is 8.42 Å². The molecule has 0 saturated carbocycles. The first kappa shape index (κ1) is 21.4. The molecule has 0 saturated heterocycles. The van der Waals surface area contributed by atoms with Crippen molar-refractivity contribution in [2.45, 2.75) is 70.4 Å². The highest BCUT2D eigenvalue weighted by Crippen LogP contribution is 2.46. The molecule has 0 fully saturated rings. The van der Waals surface area contributed by atoms with Gasteiger partial charge in [-0.15, -0.1) is 0 Å². The number of benzene rings is 1. The number of alkyl halides is 1. The lowest BCUT2D eigenvalue weighted by atomic mass is 9.71. The van der Waals surface area contributed by atoms with Gasteiger partial charge in [0.2, 0.25) is 0 Å². The van der Waals surface area contributed by atoms with E-state index in [1.807, 2.05) is 26.0 Å². The summed E-state index contributed by atoms with van der Waals surface area (Å²) in [4.78, 5) is 0.432. The second kappa shape index (κ2) is 8.43. The average Bonchev–Trinajstić information content (AvgIpc) is 2.53. The van der Waals surface area contributed by atoms with Crippen LogP contribution in [0.4, 0.5) is 0 Å². The van der Waals surface area contributed by atoms with Gasteiger partial charge in [-0.05, 0) is 69.6 Å². The predicted molar refractivity (Wildman–Crippen MR) is 115 cm³/mol. The molecule has 1 unspecified atom stereocenters. The minimum absolute atomic E-state index is 0.0839. The molecular weight excluding hydrogens is 408 g/mol. The quantitative estimate of drug-likeness (QED) is 0.380. The second-order valence-corrected chi connectivity index (χ2v) is 11.0. The molecule has 1 aliphatic rings. The predicted octanol–water partition coefficient (Wildman–Crippen LogP) is 6.40. The van der Waals surface area contributed by atoms with Crippen molar-refractivity contribution in [2.75, 3.05) is 5.33 Å². The monoisotopic (exact) mass is 438 g/mol. The van der Waals surface area contributed by atoms with Gasteiger partial charge in [-0.3, -0.25) is 0 Å². The van der Waals surface area contributed by atoms with Crippen molar-refractivity contribution >= 4 is 25.8 Å². The molecule has 1 atom stereocenters. The van der Waals surface area contributed by atoms with E-state index in [-0.39, 0.29) is 5.41 Å². The third-order valence-corrected chi connectivity index (χ3v) is 7.93. The lowest BCUT2D eigenvalue weighted by Gasteiger charge is -2.39. The average molecular weight is 439 g/mol. The summed E-state index contributed by atoms with van der Waals surface area (Å²) in [6.45, 7) is 10.5. The highest BCUT2D eigenvalue weighted by molar-refractivity contribution is 9.09. The standard InChI is InChI=1S/C22H31BrO2S/c1-16-8-10-19(11-9-16)26(24,25)20(15-17(2)12-14-23)21-18(3)7-6-13-22(21,4)5/h8-12,20H,6-7,13-15H2,1-5H3/b17-12+. The van der Waals surface area contributed by atoms with Gasteiger partial charge in [0.15, 0.2) is 9.84 Å². The van der Waals surface area contributed by atoms with E-state index >= 15 is 0 Å². The van der Waals surface area contributed by atoms with Gasteiger partial charge in [-0.1, -0.05) is 64.7 Å². The van der Waals surface area contributed by atoms with Crippen LogP contribution in [0.5, 0.6) is 0 Å². The molecule has 0 radical (unpaired) electrons. The normalized spacial score (nSPS) is 19.5. The molecule has 2 nitrogen and oxygen atoms in total. The highest BCUT2D eigenvalue weighted by Gasteiger charge is 2.40. The zero-order valence-electron chi connectivity index (χ0n) is 16.6. The van der Waals surface area contributed by atoms with Gasteiger partial charge in [0.05, 0.1) is 10.1 Å². The Morgan fingerprint density at radius 3 is 2.38 bits per heavy atom. The third kappa shape index (κ3) is 4.69. The van der Waals surface area contributed by atoms with Crippen LogP contribution in [0.15, 0.2) is 52.0 Å². The Balaban J connectivity index is 2.61. The number of sulfone groups is 1. The Kier molecular flexibility index (Phi) is 6.95. The Hall–Kier alpha value is -0.870. The molecular formula is C22H31BrO2S. The molecule has 0 aromatic heterocycles. The van der Waals surface area contributed by atoms with Crippen molar-refractivity contribution in [3.63, 3.8) is 0 Å². The fourth-order valence-electron chi connectivity index (χ4n) is 4.12. The molecule has 144 valence electrons. The molecule has 0 spiro atoms. The van der Waals surface area contributed by atoms with Gasteiger partial charge in [0.1, 0.15) is 0 Å². The maximum absolute atomic E-state index is 13.6. The number of hydrogen-bond acceptors (Lipinski definition) is 2. The maximum atomic E-state index is 13.6. The third-order valence-electron chi connectivity index (χ3n) is 5.52. The molecule has 0 N–H and O–H groups in total. The van der Waals surface area contributed by atoms with Crippen LogP contribution in [-0.4, -0.2) is 19.0 Å². The van der Waals surface area contributed by atoms with E-state index in [1.54, 1.807) is 12.1 Å². The van der Waals surface area contributed by atoms with E-state index in [9.17, 15) is 8.42 Å². The van der Waals surface area contributed by atoms with Crippen molar-refractivity contribution in [3.05, 3.63) is 52.6 Å². The zero-order chi connectivity index (χ0) is 19.5. The molecule has 0 heterocycles. The smallest absolute Gasteiger partial charge is 0.185 e.